The summed E-state index contributed by atoms with van der Waals surface area (Å²) in [6.07, 6.45) is 6.77. The van der Waals surface area contributed by atoms with Crippen LogP contribution in [0.5, 0.6) is 0 Å². The van der Waals surface area contributed by atoms with Crippen LogP contribution in [0.25, 0.3) is 0 Å². The van der Waals surface area contributed by atoms with E-state index in [1.807, 2.05) is 6.92 Å². The summed E-state index contributed by atoms with van der Waals surface area (Å²) >= 11 is 0. The highest BCUT2D eigenvalue weighted by Crippen LogP contribution is 2.31. The standard InChI is InChI=1S/C13H21N3O2/c1-9(13(17)18-3)15-12-8-14-16(10(12)2)11-6-4-5-7-11/h8-9,11,15H,4-7H2,1-3H3/t9-/m0/s1. The normalized spacial score (nSPS) is 17.7. The van der Waals surface area contributed by atoms with Crippen molar-refractivity contribution >= 4 is 11.7 Å². The number of aromatic nitrogens is 2. The molecule has 100 valence electrons. The van der Waals surface area contributed by atoms with E-state index in [-0.39, 0.29) is 12.0 Å². The van der Waals surface area contributed by atoms with Gasteiger partial charge < -0.3 is 10.1 Å². The molecule has 0 saturated heterocycles. The summed E-state index contributed by atoms with van der Waals surface area (Å²) in [5.74, 6) is -0.261. The molecular weight excluding hydrogens is 230 g/mol. The minimum absolute atomic E-state index is 0.261. The predicted octanol–water partition coefficient (Wildman–Crippen LogP) is 2.28. The Balaban J connectivity index is 2.08. The third-order valence-corrected chi connectivity index (χ3v) is 3.64. The van der Waals surface area contributed by atoms with Crippen LogP contribution in [0.15, 0.2) is 6.20 Å². The van der Waals surface area contributed by atoms with Crippen molar-refractivity contribution < 1.29 is 9.53 Å². The SMILES string of the molecule is COC(=O)[C@H](C)Nc1cnn(C2CCCC2)c1C. The van der Waals surface area contributed by atoms with Crippen LogP contribution >= 0.6 is 0 Å². The first-order valence-corrected chi connectivity index (χ1v) is 6.52. The zero-order chi connectivity index (χ0) is 13.1. The maximum Gasteiger partial charge on any atom is 0.327 e. The first-order chi connectivity index (χ1) is 8.63. The molecule has 1 N–H and O–H groups in total. The summed E-state index contributed by atoms with van der Waals surface area (Å²) in [4.78, 5) is 11.4. The van der Waals surface area contributed by atoms with Gasteiger partial charge in [-0.25, -0.2) is 4.79 Å². The van der Waals surface area contributed by atoms with E-state index in [0.29, 0.717) is 6.04 Å². The van der Waals surface area contributed by atoms with E-state index in [1.165, 1.54) is 32.8 Å². The van der Waals surface area contributed by atoms with Crippen molar-refractivity contribution in [2.24, 2.45) is 0 Å². The molecule has 0 aliphatic heterocycles. The Hall–Kier alpha value is -1.52. The fraction of sp³-hybridized carbons (Fsp3) is 0.692. The van der Waals surface area contributed by atoms with E-state index in [4.69, 9.17) is 4.74 Å². The Morgan fingerprint density at radius 3 is 2.83 bits per heavy atom. The molecule has 2 rings (SSSR count). The first-order valence-electron chi connectivity index (χ1n) is 6.52. The highest BCUT2D eigenvalue weighted by Gasteiger charge is 2.21. The summed E-state index contributed by atoms with van der Waals surface area (Å²) < 4.78 is 6.78. The molecule has 18 heavy (non-hydrogen) atoms. The zero-order valence-corrected chi connectivity index (χ0v) is 11.3. The van der Waals surface area contributed by atoms with Crippen LogP contribution in [-0.2, 0) is 9.53 Å². The Morgan fingerprint density at radius 2 is 2.22 bits per heavy atom. The summed E-state index contributed by atoms with van der Waals surface area (Å²) in [6, 6.07) is 0.170. The van der Waals surface area contributed by atoms with Crippen LogP contribution in [0.3, 0.4) is 0 Å². The summed E-state index contributed by atoms with van der Waals surface area (Å²) in [5, 5.41) is 7.58. The predicted molar refractivity (Wildman–Crippen MR) is 69.6 cm³/mol. The molecule has 1 aliphatic carbocycles. The van der Waals surface area contributed by atoms with Gasteiger partial charge in [0.25, 0.3) is 0 Å². The molecule has 0 spiro atoms. The van der Waals surface area contributed by atoms with E-state index >= 15 is 0 Å². The van der Waals surface area contributed by atoms with Gasteiger partial charge in [-0.05, 0) is 26.7 Å². The molecule has 1 saturated carbocycles. The van der Waals surface area contributed by atoms with Gasteiger partial charge in [-0.1, -0.05) is 12.8 Å². The molecule has 1 aromatic heterocycles. The van der Waals surface area contributed by atoms with Crippen molar-refractivity contribution in [3.8, 4) is 0 Å². The molecule has 5 heteroatoms. The van der Waals surface area contributed by atoms with E-state index in [9.17, 15) is 4.79 Å². The van der Waals surface area contributed by atoms with Crippen LogP contribution < -0.4 is 5.32 Å². The van der Waals surface area contributed by atoms with Crippen molar-refractivity contribution in [1.82, 2.24) is 9.78 Å². The van der Waals surface area contributed by atoms with Crippen LogP contribution in [0, 0.1) is 6.92 Å². The van der Waals surface area contributed by atoms with Crippen LogP contribution in [-0.4, -0.2) is 28.9 Å². The number of carbonyl (C=O) groups excluding carboxylic acids is 1. The van der Waals surface area contributed by atoms with Gasteiger partial charge in [-0.2, -0.15) is 5.10 Å². The quantitative estimate of drug-likeness (QED) is 0.834. The Labute approximate surface area is 108 Å². The van der Waals surface area contributed by atoms with Gasteiger partial charge in [-0.15, -0.1) is 0 Å². The van der Waals surface area contributed by atoms with Crippen molar-refractivity contribution in [3.05, 3.63) is 11.9 Å². The second-order valence-electron chi connectivity index (χ2n) is 4.92. The molecule has 5 nitrogen and oxygen atoms in total. The minimum atomic E-state index is -0.352. The number of anilines is 1. The number of esters is 1. The van der Waals surface area contributed by atoms with E-state index in [2.05, 4.69) is 15.1 Å². The molecule has 0 aromatic carbocycles. The minimum Gasteiger partial charge on any atom is -0.467 e. The molecule has 1 heterocycles. The third kappa shape index (κ3) is 2.49. The van der Waals surface area contributed by atoms with Gasteiger partial charge in [0.15, 0.2) is 0 Å². The van der Waals surface area contributed by atoms with Crippen LogP contribution in [0.1, 0.15) is 44.3 Å². The average molecular weight is 251 g/mol. The Bertz CT molecular complexity index is 422. The highest BCUT2D eigenvalue weighted by molar-refractivity contribution is 5.78. The van der Waals surface area contributed by atoms with Gasteiger partial charge in [0.05, 0.1) is 30.7 Å². The fourth-order valence-electron chi connectivity index (χ4n) is 2.55. The van der Waals surface area contributed by atoms with Gasteiger partial charge in [0.2, 0.25) is 0 Å². The molecule has 1 atom stereocenters. The second kappa shape index (κ2) is 5.42. The van der Waals surface area contributed by atoms with Crippen LogP contribution in [0.2, 0.25) is 0 Å². The smallest absolute Gasteiger partial charge is 0.327 e. The summed E-state index contributed by atoms with van der Waals surface area (Å²) in [6.45, 7) is 3.83. The number of rotatable bonds is 4. The third-order valence-electron chi connectivity index (χ3n) is 3.64. The van der Waals surface area contributed by atoms with E-state index < -0.39 is 0 Å². The van der Waals surface area contributed by atoms with E-state index in [1.54, 1.807) is 13.1 Å². The second-order valence-corrected chi connectivity index (χ2v) is 4.92. The molecule has 0 bridgehead atoms. The molecule has 0 amide bonds. The zero-order valence-electron chi connectivity index (χ0n) is 11.3. The molecule has 1 fully saturated rings. The maximum atomic E-state index is 11.4. The molecule has 0 radical (unpaired) electrons. The molecule has 1 aromatic rings. The first kappa shape index (κ1) is 12.9. The maximum absolute atomic E-state index is 11.4. The number of nitrogens with zero attached hydrogens (tertiary/aromatic N) is 2. The van der Waals surface area contributed by atoms with Crippen LogP contribution in [0.4, 0.5) is 5.69 Å². The lowest BCUT2D eigenvalue weighted by molar-refractivity contribution is -0.141. The van der Waals surface area contributed by atoms with Gasteiger partial charge in [0, 0.05) is 0 Å². The lowest BCUT2D eigenvalue weighted by Gasteiger charge is -2.15. The van der Waals surface area contributed by atoms with Gasteiger partial charge >= 0.3 is 5.97 Å². The molecule has 1 aliphatic rings. The number of ether oxygens (including phenoxy) is 1. The Kier molecular flexibility index (Phi) is 3.89. The molecular formula is C13H21N3O2. The lowest BCUT2D eigenvalue weighted by atomic mass is 10.2. The largest absolute Gasteiger partial charge is 0.467 e. The summed E-state index contributed by atoms with van der Waals surface area (Å²) in [5.41, 5.74) is 2.01. The number of nitrogens with one attached hydrogen (secondary N) is 1. The van der Waals surface area contributed by atoms with E-state index in [0.717, 1.165) is 11.4 Å². The van der Waals surface area contributed by atoms with Gasteiger partial charge in [-0.3, -0.25) is 4.68 Å². The number of hydrogen-bond acceptors (Lipinski definition) is 4. The van der Waals surface area contributed by atoms with Crippen molar-refractivity contribution in [3.63, 3.8) is 0 Å². The van der Waals surface area contributed by atoms with Gasteiger partial charge in [0.1, 0.15) is 6.04 Å². The number of methoxy groups -OCH3 is 1. The number of hydrogen-bond donors (Lipinski definition) is 1. The average Bonchev–Trinajstić information content (AvgIpc) is 2.99. The van der Waals surface area contributed by atoms with Crippen molar-refractivity contribution in [1.29, 1.82) is 0 Å². The fourth-order valence-corrected chi connectivity index (χ4v) is 2.55. The van der Waals surface area contributed by atoms with Crippen molar-refractivity contribution in [2.75, 3.05) is 12.4 Å². The Morgan fingerprint density at radius 1 is 1.56 bits per heavy atom. The highest BCUT2D eigenvalue weighted by atomic mass is 16.5. The number of carbonyl (C=O) groups is 1. The monoisotopic (exact) mass is 251 g/mol. The van der Waals surface area contributed by atoms with Crippen molar-refractivity contribution in [2.45, 2.75) is 51.6 Å². The molecule has 0 unspecified atom stereocenters. The lowest BCUT2D eigenvalue weighted by Crippen LogP contribution is -2.27. The summed E-state index contributed by atoms with van der Waals surface area (Å²) in [7, 11) is 1.40. The topological polar surface area (TPSA) is 56.1 Å².